The molecule has 0 unspecified atom stereocenters. The number of nitrogens with zero attached hydrogens (tertiary/aromatic N) is 3. The first kappa shape index (κ1) is 20.1. The molecule has 1 N–H and O–H groups in total. The fourth-order valence-electron chi connectivity index (χ4n) is 2.65. The van der Waals surface area contributed by atoms with Gasteiger partial charge in [0.25, 0.3) is 0 Å². The highest BCUT2D eigenvalue weighted by atomic mass is 32.2. The van der Waals surface area contributed by atoms with Crippen LogP contribution in [-0.4, -0.2) is 25.1 Å². The van der Waals surface area contributed by atoms with Crippen LogP contribution < -0.4 is 5.43 Å². The lowest BCUT2D eigenvalue weighted by Gasteiger charge is -2.02. The zero-order chi connectivity index (χ0) is 21.0. The van der Waals surface area contributed by atoms with Crippen molar-refractivity contribution >= 4 is 22.0 Å². The summed E-state index contributed by atoms with van der Waals surface area (Å²) >= 11 is 0. The van der Waals surface area contributed by atoms with Gasteiger partial charge < -0.3 is 8.98 Å². The number of aromatic nitrogens is 1. The van der Waals surface area contributed by atoms with Crippen molar-refractivity contribution in [1.82, 2.24) is 9.99 Å². The molecule has 0 aliphatic heterocycles. The van der Waals surface area contributed by atoms with Crippen LogP contribution in [0.2, 0.25) is 0 Å². The molecule has 0 radical (unpaired) electrons. The first-order chi connectivity index (χ1) is 13.8. The average molecular weight is 410 g/mol. The Bertz CT molecular complexity index is 1220. The van der Waals surface area contributed by atoms with Gasteiger partial charge in [-0.25, -0.2) is 13.8 Å². The zero-order valence-corrected chi connectivity index (χ0v) is 16.6. The van der Waals surface area contributed by atoms with Crippen LogP contribution in [0.25, 0.3) is 0 Å². The second-order valence-electron chi connectivity index (χ2n) is 6.28. The van der Waals surface area contributed by atoms with Gasteiger partial charge in [0, 0.05) is 18.3 Å². The number of carbonyl (C=O) groups is 1. The summed E-state index contributed by atoms with van der Waals surface area (Å²) < 4.78 is 31.8. The summed E-state index contributed by atoms with van der Waals surface area (Å²) in [6.07, 6.45) is 1.43. The predicted octanol–water partition coefficient (Wildman–Crippen LogP) is 2.54. The topological polar surface area (TPSA) is 117 Å². The van der Waals surface area contributed by atoms with Gasteiger partial charge in [-0.05, 0) is 37.3 Å². The number of nitrogens with one attached hydrogen (secondary N) is 1. The minimum absolute atomic E-state index is 0.0529. The normalized spacial score (nSPS) is 11.5. The van der Waals surface area contributed by atoms with Crippen molar-refractivity contribution < 1.29 is 17.6 Å². The SMILES string of the molecule is Cc1c(/C=N\NC(=O)c2ccc(CS(=O)(=O)c3ccccc3)o2)cc(C#N)n1C. The van der Waals surface area contributed by atoms with E-state index < -0.39 is 15.7 Å². The minimum Gasteiger partial charge on any atom is -0.455 e. The fourth-order valence-corrected chi connectivity index (χ4v) is 3.92. The van der Waals surface area contributed by atoms with Crippen molar-refractivity contribution in [3.8, 4) is 6.07 Å². The smallest absolute Gasteiger partial charge is 0.307 e. The molecule has 0 aliphatic rings. The second kappa shape index (κ2) is 8.16. The molecule has 2 heterocycles. The highest BCUT2D eigenvalue weighted by molar-refractivity contribution is 7.90. The lowest BCUT2D eigenvalue weighted by atomic mass is 10.3. The molecule has 0 bridgehead atoms. The van der Waals surface area contributed by atoms with Gasteiger partial charge in [0.1, 0.15) is 23.3 Å². The molecule has 0 atom stereocenters. The Morgan fingerprint density at radius 3 is 2.66 bits per heavy atom. The van der Waals surface area contributed by atoms with Gasteiger partial charge in [-0.1, -0.05) is 18.2 Å². The third-order valence-electron chi connectivity index (χ3n) is 4.38. The molecule has 0 fully saturated rings. The van der Waals surface area contributed by atoms with Gasteiger partial charge in [-0.3, -0.25) is 4.79 Å². The molecule has 3 rings (SSSR count). The Morgan fingerprint density at radius 2 is 2.00 bits per heavy atom. The van der Waals surface area contributed by atoms with E-state index in [2.05, 4.69) is 16.6 Å². The Morgan fingerprint density at radius 1 is 1.28 bits per heavy atom. The average Bonchev–Trinajstić information content (AvgIpc) is 3.28. The number of sulfone groups is 1. The molecule has 0 saturated heterocycles. The van der Waals surface area contributed by atoms with Crippen molar-refractivity contribution in [2.75, 3.05) is 0 Å². The van der Waals surface area contributed by atoms with E-state index in [-0.39, 0.29) is 22.2 Å². The Hall–Kier alpha value is -3.64. The molecular formula is C20H18N4O4S. The zero-order valence-electron chi connectivity index (χ0n) is 15.8. The standard InChI is InChI=1S/C20H18N4O4S/c1-14-15(10-16(11-21)24(14)2)12-22-23-20(25)19-9-8-17(28-19)13-29(26,27)18-6-4-3-5-7-18/h3-10,12H,13H2,1-2H3,(H,23,25)/b22-12-. The summed E-state index contributed by atoms with van der Waals surface area (Å²) in [6.45, 7) is 1.83. The summed E-state index contributed by atoms with van der Waals surface area (Å²) in [5.74, 6) is -0.865. The monoisotopic (exact) mass is 410 g/mol. The van der Waals surface area contributed by atoms with Crippen LogP contribution in [0, 0.1) is 18.3 Å². The lowest BCUT2D eigenvalue weighted by Crippen LogP contribution is -2.16. The predicted molar refractivity (Wildman–Crippen MR) is 106 cm³/mol. The molecule has 0 aliphatic carbocycles. The van der Waals surface area contributed by atoms with E-state index in [0.29, 0.717) is 11.3 Å². The highest BCUT2D eigenvalue weighted by Gasteiger charge is 2.19. The number of benzene rings is 1. The van der Waals surface area contributed by atoms with Crippen LogP contribution in [0.4, 0.5) is 0 Å². The summed E-state index contributed by atoms with van der Waals surface area (Å²) in [6, 6.07) is 14.6. The molecule has 1 amide bonds. The van der Waals surface area contributed by atoms with E-state index in [9.17, 15) is 13.2 Å². The Labute approximate surface area is 168 Å². The number of furan rings is 1. The van der Waals surface area contributed by atoms with Crippen LogP contribution >= 0.6 is 0 Å². The lowest BCUT2D eigenvalue weighted by molar-refractivity contribution is 0.0926. The number of hydrogen-bond acceptors (Lipinski definition) is 6. The van der Waals surface area contributed by atoms with Gasteiger partial charge in [0.15, 0.2) is 15.6 Å². The molecule has 2 aromatic heterocycles. The Kier molecular flexibility index (Phi) is 5.66. The molecule has 3 aromatic rings. The number of nitriles is 1. The van der Waals surface area contributed by atoms with E-state index in [1.54, 1.807) is 35.9 Å². The number of amides is 1. The first-order valence-corrected chi connectivity index (χ1v) is 10.2. The molecule has 0 spiro atoms. The van der Waals surface area contributed by atoms with E-state index in [1.807, 2.05) is 6.92 Å². The van der Waals surface area contributed by atoms with Crippen LogP contribution in [0.15, 0.2) is 62.9 Å². The largest absolute Gasteiger partial charge is 0.455 e. The number of hydrazone groups is 1. The number of rotatable bonds is 6. The molecule has 29 heavy (non-hydrogen) atoms. The van der Waals surface area contributed by atoms with Gasteiger partial charge in [0.05, 0.1) is 11.1 Å². The quantitative estimate of drug-likeness (QED) is 0.495. The second-order valence-corrected chi connectivity index (χ2v) is 8.27. The highest BCUT2D eigenvalue weighted by Crippen LogP contribution is 2.18. The third kappa shape index (κ3) is 4.44. The van der Waals surface area contributed by atoms with E-state index in [1.165, 1.54) is 30.5 Å². The maximum absolute atomic E-state index is 12.4. The summed E-state index contributed by atoms with van der Waals surface area (Å²) in [5.41, 5.74) is 4.32. The van der Waals surface area contributed by atoms with E-state index in [4.69, 9.17) is 9.68 Å². The number of carbonyl (C=O) groups excluding carboxylic acids is 1. The van der Waals surface area contributed by atoms with Crippen LogP contribution in [-0.2, 0) is 22.6 Å². The van der Waals surface area contributed by atoms with E-state index in [0.717, 1.165) is 5.69 Å². The van der Waals surface area contributed by atoms with Crippen molar-refractivity contribution in [2.24, 2.45) is 12.1 Å². The molecule has 0 saturated carbocycles. The van der Waals surface area contributed by atoms with Crippen LogP contribution in [0.1, 0.15) is 33.3 Å². The van der Waals surface area contributed by atoms with E-state index >= 15 is 0 Å². The van der Waals surface area contributed by atoms with Gasteiger partial charge in [0.2, 0.25) is 0 Å². The summed E-state index contributed by atoms with van der Waals surface area (Å²) in [7, 11) is -1.81. The molecular weight excluding hydrogens is 392 g/mol. The maximum Gasteiger partial charge on any atom is 0.307 e. The summed E-state index contributed by atoms with van der Waals surface area (Å²) in [4.78, 5) is 12.4. The summed E-state index contributed by atoms with van der Waals surface area (Å²) in [5, 5.41) is 12.9. The molecule has 8 nitrogen and oxygen atoms in total. The third-order valence-corrected chi connectivity index (χ3v) is 6.03. The van der Waals surface area contributed by atoms with Crippen molar-refractivity contribution in [1.29, 1.82) is 5.26 Å². The van der Waals surface area contributed by atoms with Crippen molar-refractivity contribution in [3.05, 3.63) is 77.0 Å². The molecule has 1 aromatic carbocycles. The van der Waals surface area contributed by atoms with Gasteiger partial charge in [-0.15, -0.1) is 0 Å². The molecule has 9 heteroatoms. The minimum atomic E-state index is -3.57. The first-order valence-electron chi connectivity index (χ1n) is 8.58. The number of hydrogen-bond donors (Lipinski definition) is 1. The maximum atomic E-state index is 12.4. The van der Waals surface area contributed by atoms with Crippen molar-refractivity contribution in [3.63, 3.8) is 0 Å². The van der Waals surface area contributed by atoms with Crippen LogP contribution in [0.5, 0.6) is 0 Å². The fraction of sp³-hybridized carbons (Fsp3) is 0.150. The van der Waals surface area contributed by atoms with Gasteiger partial charge in [-0.2, -0.15) is 10.4 Å². The Balaban J connectivity index is 1.66. The van der Waals surface area contributed by atoms with Crippen LogP contribution in [0.3, 0.4) is 0 Å². The molecule has 148 valence electrons. The van der Waals surface area contributed by atoms with Crippen molar-refractivity contribution in [2.45, 2.75) is 17.6 Å². The van der Waals surface area contributed by atoms with Gasteiger partial charge >= 0.3 is 5.91 Å².